The third-order valence-corrected chi connectivity index (χ3v) is 3.31. The van der Waals surface area contributed by atoms with Crippen LogP contribution in [-0.2, 0) is 5.41 Å². The number of aromatic nitrogens is 2. The summed E-state index contributed by atoms with van der Waals surface area (Å²) >= 11 is 0. The van der Waals surface area contributed by atoms with Gasteiger partial charge in [0.25, 0.3) is 0 Å². The highest BCUT2D eigenvalue weighted by molar-refractivity contribution is 5.39. The van der Waals surface area contributed by atoms with Crippen LogP contribution in [0.15, 0.2) is 12.1 Å². The number of rotatable bonds is 1. The van der Waals surface area contributed by atoms with Gasteiger partial charge < -0.3 is 10.2 Å². The van der Waals surface area contributed by atoms with Crippen molar-refractivity contribution in [1.82, 2.24) is 15.5 Å². The summed E-state index contributed by atoms with van der Waals surface area (Å²) in [5.41, 5.74) is 0.701. The maximum absolute atomic E-state index is 12.7. The summed E-state index contributed by atoms with van der Waals surface area (Å²) < 4.78 is 38.2. The third-order valence-electron chi connectivity index (χ3n) is 3.31. The molecule has 0 aliphatic carbocycles. The fourth-order valence-corrected chi connectivity index (χ4v) is 2.07. The molecular weight excluding hydrogens is 269 g/mol. The Labute approximate surface area is 116 Å². The van der Waals surface area contributed by atoms with Crippen molar-refractivity contribution in [3.05, 3.63) is 17.8 Å². The summed E-state index contributed by atoms with van der Waals surface area (Å²) in [6.45, 7) is 6.69. The summed E-state index contributed by atoms with van der Waals surface area (Å²) in [5.74, 6) is 0.494. The molecule has 0 aromatic carbocycles. The van der Waals surface area contributed by atoms with E-state index >= 15 is 0 Å². The van der Waals surface area contributed by atoms with Crippen LogP contribution in [0.2, 0.25) is 0 Å². The zero-order valence-electron chi connectivity index (χ0n) is 11.8. The van der Waals surface area contributed by atoms with E-state index in [0.717, 1.165) is 5.69 Å². The number of piperazine rings is 1. The summed E-state index contributed by atoms with van der Waals surface area (Å²) in [6, 6.07) is 2.06. The number of nitrogens with zero attached hydrogens (tertiary/aromatic N) is 3. The van der Waals surface area contributed by atoms with Gasteiger partial charge in [-0.25, -0.2) is 0 Å². The molecule has 2 rings (SSSR count). The van der Waals surface area contributed by atoms with Crippen LogP contribution in [0.1, 0.15) is 26.5 Å². The number of anilines is 1. The molecule has 0 bridgehead atoms. The molecule has 1 N–H and O–H groups in total. The highest BCUT2D eigenvalue weighted by Crippen LogP contribution is 2.25. The second-order valence-corrected chi connectivity index (χ2v) is 6.02. The van der Waals surface area contributed by atoms with E-state index in [1.165, 1.54) is 0 Å². The zero-order chi connectivity index (χ0) is 15.0. The predicted molar refractivity (Wildman–Crippen MR) is 70.8 cm³/mol. The molecule has 1 aliphatic rings. The minimum atomic E-state index is -4.24. The topological polar surface area (TPSA) is 41.0 Å². The number of alkyl halides is 3. The van der Waals surface area contributed by atoms with Crippen LogP contribution in [-0.4, -0.2) is 42.0 Å². The molecule has 1 fully saturated rings. The molecule has 0 spiro atoms. The van der Waals surface area contributed by atoms with E-state index in [0.29, 0.717) is 12.4 Å². The second kappa shape index (κ2) is 5.20. The lowest BCUT2D eigenvalue weighted by Gasteiger charge is -2.35. The Morgan fingerprint density at radius 3 is 2.40 bits per heavy atom. The maximum atomic E-state index is 12.7. The number of hydrogen-bond acceptors (Lipinski definition) is 4. The molecule has 0 amide bonds. The summed E-state index contributed by atoms with van der Waals surface area (Å²) in [6.07, 6.45) is -4.24. The summed E-state index contributed by atoms with van der Waals surface area (Å²) in [7, 11) is 0. The van der Waals surface area contributed by atoms with E-state index in [9.17, 15) is 13.2 Å². The SMILES string of the molecule is CC(C)(C)c1ccc(N2CCNC(C(F)(F)F)C2)nn1. The molecule has 112 valence electrons. The van der Waals surface area contributed by atoms with Crippen molar-refractivity contribution < 1.29 is 13.2 Å². The van der Waals surface area contributed by atoms with Crippen molar-refractivity contribution in [3.63, 3.8) is 0 Å². The number of halogens is 3. The molecule has 0 radical (unpaired) electrons. The van der Waals surface area contributed by atoms with Gasteiger partial charge in [0.2, 0.25) is 0 Å². The first kappa shape index (κ1) is 15.0. The maximum Gasteiger partial charge on any atom is 0.405 e. The first-order valence-electron chi connectivity index (χ1n) is 6.57. The van der Waals surface area contributed by atoms with E-state index in [1.807, 2.05) is 26.8 Å². The Balaban J connectivity index is 2.12. The van der Waals surface area contributed by atoms with Crippen LogP contribution in [0.4, 0.5) is 19.0 Å². The molecule has 1 saturated heterocycles. The Morgan fingerprint density at radius 2 is 1.90 bits per heavy atom. The largest absolute Gasteiger partial charge is 0.405 e. The van der Waals surface area contributed by atoms with Gasteiger partial charge in [0.1, 0.15) is 6.04 Å². The van der Waals surface area contributed by atoms with E-state index in [4.69, 9.17) is 0 Å². The van der Waals surface area contributed by atoms with E-state index < -0.39 is 12.2 Å². The Morgan fingerprint density at radius 1 is 1.20 bits per heavy atom. The van der Waals surface area contributed by atoms with E-state index in [2.05, 4.69) is 15.5 Å². The normalized spacial score (nSPS) is 21.1. The molecule has 1 aromatic rings. The van der Waals surface area contributed by atoms with Gasteiger partial charge in [-0.05, 0) is 12.1 Å². The Kier molecular flexibility index (Phi) is 3.90. The quantitative estimate of drug-likeness (QED) is 0.859. The van der Waals surface area contributed by atoms with Gasteiger partial charge in [0, 0.05) is 25.0 Å². The van der Waals surface area contributed by atoms with Crippen LogP contribution >= 0.6 is 0 Å². The minimum Gasteiger partial charge on any atom is -0.352 e. The first-order valence-corrected chi connectivity index (χ1v) is 6.57. The molecule has 7 heteroatoms. The smallest absolute Gasteiger partial charge is 0.352 e. The molecule has 0 saturated carbocycles. The zero-order valence-corrected chi connectivity index (χ0v) is 11.8. The molecule has 1 aromatic heterocycles. The van der Waals surface area contributed by atoms with Crippen LogP contribution in [0.5, 0.6) is 0 Å². The monoisotopic (exact) mass is 288 g/mol. The number of nitrogens with one attached hydrogen (secondary N) is 1. The fourth-order valence-electron chi connectivity index (χ4n) is 2.07. The van der Waals surface area contributed by atoms with Crippen molar-refractivity contribution in [2.75, 3.05) is 24.5 Å². The van der Waals surface area contributed by atoms with Crippen molar-refractivity contribution in [3.8, 4) is 0 Å². The van der Waals surface area contributed by atoms with Gasteiger partial charge in [0.15, 0.2) is 5.82 Å². The van der Waals surface area contributed by atoms with Crippen molar-refractivity contribution in [2.45, 2.75) is 38.4 Å². The fraction of sp³-hybridized carbons (Fsp3) is 0.692. The first-order chi connectivity index (χ1) is 9.18. The third kappa shape index (κ3) is 3.39. The van der Waals surface area contributed by atoms with Gasteiger partial charge in [0.05, 0.1) is 5.69 Å². The Bertz CT molecular complexity index is 450. The lowest BCUT2D eigenvalue weighted by Crippen LogP contribution is -2.57. The lowest BCUT2D eigenvalue weighted by atomic mass is 9.92. The lowest BCUT2D eigenvalue weighted by molar-refractivity contribution is -0.155. The molecule has 4 nitrogen and oxygen atoms in total. The standard InChI is InChI=1S/C13H19F3N4/c1-12(2,3)9-4-5-11(19-18-9)20-7-6-17-10(8-20)13(14,15)16/h4-5,10,17H,6-8H2,1-3H3. The summed E-state index contributed by atoms with van der Waals surface area (Å²) in [4.78, 5) is 1.62. The molecule has 1 atom stereocenters. The van der Waals surface area contributed by atoms with Gasteiger partial charge in [-0.2, -0.15) is 18.3 Å². The van der Waals surface area contributed by atoms with Crippen LogP contribution in [0, 0.1) is 0 Å². The second-order valence-electron chi connectivity index (χ2n) is 6.02. The molecule has 1 aliphatic heterocycles. The van der Waals surface area contributed by atoms with E-state index in [1.54, 1.807) is 11.0 Å². The van der Waals surface area contributed by atoms with Gasteiger partial charge >= 0.3 is 6.18 Å². The average Bonchev–Trinajstić information content (AvgIpc) is 2.37. The van der Waals surface area contributed by atoms with Gasteiger partial charge in [-0.15, -0.1) is 5.10 Å². The number of hydrogen-bond donors (Lipinski definition) is 1. The van der Waals surface area contributed by atoms with Crippen LogP contribution < -0.4 is 10.2 Å². The predicted octanol–water partition coefficient (Wildman–Crippen LogP) is 2.11. The molecule has 2 heterocycles. The van der Waals surface area contributed by atoms with Gasteiger partial charge in [-0.3, -0.25) is 0 Å². The summed E-state index contributed by atoms with van der Waals surface area (Å²) in [5, 5.41) is 10.7. The van der Waals surface area contributed by atoms with Crippen molar-refractivity contribution >= 4 is 5.82 Å². The molecule has 1 unspecified atom stereocenters. The Hall–Kier alpha value is -1.37. The van der Waals surface area contributed by atoms with Crippen molar-refractivity contribution in [2.24, 2.45) is 0 Å². The van der Waals surface area contributed by atoms with Crippen molar-refractivity contribution in [1.29, 1.82) is 0 Å². The van der Waals surface area contributed by atoms with Crippen LogP contribution in [0.3, 0.4) is 0 Å². The highest BCUT2D eigenvalue weighted by Gasteiger charge is 2.42. The molecule has 20 heavy (non-hydrogen) atoms. The molecular formula is C13H19F3N4. The highest BCUT2D eigenvalue weighted by atomic mass is 19.4. The average molecular weight is 288 g/mol. The van der Waals surface area contributed by atoms with Gasteiger partial charge in [-0.1, -0.05) is 20.8 Å². The van der Waals surface area contributed by atoms with E-state index in [-0.39, 0.29) is 18.5 Å². The van der Waals surface area contributed by atoms with Crippen LogP contribution in [0.25, 0.3) is 0 Å². The minimum absolute atomic E-state index is 0.122.